The first kappa shape index (κ1) is 14.1. The van der Waals surface area contributed by atoms with Gasteiger partial charge in [0.1, 0.15) is 5.82 Å². The largest absolute Gasteiger partial charge is 0.338 e. The van der Waals surface area contributed by atoms with Gasteiger partial charge in [0, 0.05) is 11.1 Å². The van der Waals surface area contributed by atoms with Crippen LogP contribution in [0.4, 0.5) is 4.39 Å². The van der Waals surface area contributed by atoms with Gasteiger partial charge in [0.05, 0.1) is 11.0 Å². The van der Waals surface area contributed by atoms with Crippen LogP contribution in [0.5, 0.6) is 0 Å². The van der Waals surface area contributed by atoms with Crippen molar-refractivity contribution < 1.29 is 8.91 Å². The van der Waals surface area contributed by atoms with Gasteiger partial charge in [0.15, 0.2) is 0 Å². The van der Waals surface area contributed by atoms with Gasteiger partial charge in [0.25, 0.3) is 0 Å². The third-order valence-electron chi connectivity index (χ3n) is 2.42. The molecule has 1 aromatic heterocycles. The zero-order chi connectivity index (χ0) is 14.0. The lowest BCUT2D eigenvalue weighted by molar-refractivity contribution is 0.336. The van der Waals surface area contributed by atoms with E-state index < -0.39 is 0 Å². The smallest absolute Gasteiger partial charge is 0.240 e. The van der Waals surface area contributed by atoms with E-state index in [1.807, 2.05) is 0 Å². The standard InChI is InChI=1S/C13H15BrFN3O/c1-13(2,3)16-7-11-17-12(18-19-11)8-4-5-10(15)9(14)6-8/h4-6,16H,7H2,1-3H3. The average Bonchev–Trinajstić information content (AvgIpc) is 2.78. The Labute approximate surface area is 119 Å². The molecule has 6 heteroatoms. The number of benzene rings is 1. The first-order valence-corrected chi connectivity index (χ1v) is 6.67. The van der Waals surface area contributed by atoms with Gasteiger partial charge in [-0.2, -0.15) is 4.98 Å². The number of halogens is 2. The zero-order valence-electron chi connectivity index (χ0n) is 11.0. The highest BCUT2D eigenvalue weighted by Crippen LogP contribution is 2.23. The number of hydrogen-bond acceptors (Lipinski definition) is 4. The molecule has 0 unspecified atom stereocenters. The first-order chi connectivity index (χ1) is 8.85. The molecule has 0 aliphatic carbocycles. The maximum absolute atomic E-state index is 13.2. The van der Waals surface area contributed by atoms with Crippen molar-refractivity contribution >= 4 is 15.9 Å². The molecule has 19 heavy (non-hydrogen) atoms. The molecule has 1 aromatic carbocycles. The lowest BCUT2D eigenvalue weighted by Crippen LogP contribution is -2.35. The number of rotatable bonds is 3. The predicted octanol–water partition coefficient (Wildman–Crippen LogP) is 3.53. The quantitative estimate of drug-likeness (QED) is 0.936. The van der Waals surface area contributed by atoms with E-state index in [4.69, 9.17) is 4.52 Å². The van der Waals surface area contributed by atoms with Crippen LogP contribution in [0.2, 0.25) is 0 Å². The van der Waals surface area contributed by atoms with Crippen molar-refractivity contribution in [2.45, 2.75) is 32.9 Å². The molecule has 4 nitrogen and oxygen atoms in total. The summed E-state index contributed by atoms with van der Waals surface area (Å²) in [6, 6.07) is 4.61. The van der Waals surface area contributed by atoms with Gasteiger partial charge in [-0.15, -0.1) is 0 Å². The van der Waals surface area contributed by atoms with Crippen LogP contribution in [-0.4, -0.2) is 15.7 Å². The van der Waals surface area contributed by atoms with Crippen molar-refractivity contribution in [3.05, 3.63) is 34.4 Å². The van der Waals surface area contributed by atoms with Crippen molar-refractivity contribution in [1.82, 2.24) is 15.5 Å². The molecular formula is C13H15BrFN3O. The molecule has 0 radical (unpaired) electrons. The predicted molar refractivity (Wildman–Crippen MR) is 74.0 cm³/mol. The van der Waals surface area contributed by atoms with E-state index in [1.165, 1.54) is 6.07 Å². The summed E-state index contributed by atoms with van der Waals surface area (Å²) in [6.45, 7) is 6.67. The molecule has 1 N–H and O–H groups in total. The number of aromatic nitrogens is 2. The Morgan fingerprint density at radius 1 is 1.37 bits per heavy atom. The summed E-state index contributed by atoms with van der Waals surface area (Å²) in [5, 5.41) is 7.15. The van der Waals surface area contributed by atoms with E-state index in [1.54, 1.807) is 12.1 Å². The highest BCUT2D eigenvalue weighted by Gasteiger charge is 2.13. The third kappa shape index (κ3) is 3.84. The molecule has 0 amide bonds. The fraction of sp³-hybridized carbons (Fsp3) is 0.385. The second kappa shape index (κ2) is 5.38. The minimum atomic E-state index is -0.318. The molecule has 0 saturated carbocycles. The van der Waals surface area contributed by atoms with E-state index in [2.05, 4.69) is 52.2 Å². The lowest BCUT2D eigenvalue weighted by Gasteiger charge is -2.18. The zero-order valence-corrected chi connectivity index (χ0v) is 12.6. The Bertz CT molecular complexity index is 578. The topological polar surface area (TPSA) is 51.0 Å². The maximum Gasteiger partial charge on any atom is 0.240 e. The Morgan fingerprint density at radius 2 is 2.11 bits per heavy atom. The monoisotopic (exact) mass is 327 g/mol. The molecule has 0 atom stereocenters. The van der Waals surface area contributed by atoms with Crippen molar-refractivity contribution in [2.24, 2.45) is 0 Å². The highest BCUT2D eigenvalue weighted by molar-refractivity contribution is 9.10. The van der Waals surface area contributed by atoms with Crippen LogP contribution in [0.15, 0.2) is 27.2 Å². The highest BCUT2D eigenvalue weighted by atomic mass is 79.9. The molecule has 0 fully saturated rings. The van der Waals surface area contributed by atoms with Gasteiger partial charge in [-0.3, -0.25) is 0 Å². The van der Waals surface area contributed by atoms with Crippen LogP contribution in [0.1, 0.15) is 26.7 Å². The van der Waals surface area contributed by atoms with Crippen LogP contribution in [0, 0.1) is 5.82 Å². The maximum atomic E-state index is 13.2. The van der Waals surface area contributed by atoms with Gasteiger partial charge in [-0.25, -0.2) is 4.39 Å². The van der Waals surface area contributed by atoms with Gasteiger partial charge >= 0.3 is 0 Å². The van der Waals surface area contributed by atoms with E-state index in [-0.39, 0.29) is 11.4 Å². The molecule has 0 saturated heterocycles. The minimum absolute atomic E-state index is 0.0203. The fourth-order valence-corrected chi connectivity index (χ4v) is 1.80. The summed E-state index contributed by atoms with van der Waals surface area (Å²) >= 11 is 3.13. The molecule has 0 aliphatic heterocycles. The van der Waals surface area contributed by atoms with Crippen LogP contribution >= 0.6 is 15.9 Å². The second-order valence-corrected chi connectivity index (χ2v) is 6.10. The Balaban J connectivity index is 2.14. The van der Waals surface area contributed by atoms with Crippen LogP contribution < -0.4 is 5.32 Å². The molecule has 0 spiro atoms. The van der Waals surface area contributed by atoms with Crippen LogP contribution in [0.25, 0.3) is 11.4 Å². The van der Waals surface area contributed by atoms with E-state index in [9.17, 15) is 4.39 Å². The molecule has 2 aromatic rings. The Hall–Kier alpha value is -1.27. The van der Waals surface area contributed by atoms with Gasteiger partial charge in [-0.05, 0) is 54.9 Å². The lowest BCUT2D eigenvalue weighted by atomic mass is 10.1. The summed E-state index contributed by atoms with van der Waals surface area (Å²) in [4.78, 5) is 4.27. The average molecular weight is 328 g/mol. The SMILES string of the molecule is CC(C)(C)NCc1nc(-c2ccc(F)c(Br)c2)no1. The first-order valence-electron chi connectivity index (χ1n) is 5.88. The summed E-state index contributed by atoms with van der Waals surface area (Å²) in [5.41, 5.74) is 0.687. The van der Waals surface area contributed by atoms with Gasteiger partial charge in [0.2, 0.25) is 11.7 Å². The van der Waals surface area contributed by atoms with Crippen molar-refractivity contribution in [3.63, 3.8) is 0 Å². The summed E-state index contributed by atoms with van der Waals surface area (Å²) in [6.07, 6.45) is 0. The van der Waals surface area contributed by atoms with Crippen molar-refractivity contribution in [3.8, 4) is 11.4 Å². The van der Waals surface area contributed by atoms with Crippen molar-refractivity contribution in [1.29, 1.82) is 0 Å². The van der Waals surface area contributed by atoms with E-state index in [0.29, 0.717) is 28.3 Å². The van der Waals surface area contributed by atoms with Gasteiger partial charge in [-0.1, -0.05) is 5.16 Å². The van der Waals surface area contributed by atoms with Crippen LogP contribution in [-0.2, 0) is 6.54 Å². The summed E-state index contributed by atoms with van der Waals surface area (Å²) < 4.78 is 18.7. The molecule has 1 heterocycles. The minimum Gasteiger partial charge on any atom is -0.338 e. The Kier molecular flexibility index (Phi) is 4.01. The van der Waals surface area contributed by atoms with Crippen molar-refractivity contribution in [2.75, 3.05) is 0 Å². The number of hydrogen-bond donors (Lipinski definition) is 1. The summed E-state index contributed by atoms with van der Waals surface area (Å²) in [5.74, 6) is 0.638. The van der Waals surface area contributed by atoms with Crippen LogP contribution in [0.3, 0.4) is 0 Å². The summed E-state index contributed by atoms with van der Waals surface area (Å²) in [7, 11) is 0. The molecule has 0 bridgehead atoms. The molecule has 2 rings (SSSR count). The molecular weight excluding hydrogens is 313 g/mol. The fourth-order valence-electron chi connectivity index (χ4n) is 1.42. The normalized spacial score (nSPS) is 11.8. The molecule has 102 valence electrons. The second-order valence-electron chi connectivity index (χ2n) is 5.24. The number of nitrogens with zero attached hydrogens (tertiary/aromatic N) is 2. The van der Waals surface area contributed by atoms with Gasteiger partial charge < -0.3 is 9.84 Å². The van der Waals surface area contributed by atoms with E-state index in [0.717, 1.165) is 0 Å². The Morgan fingerprint density at radius 3 is 2.74 bits per heavy atom. The third-order valence-corrected chi connectivity index (χ3v) is 3.02. The van der Waals surface area contributed by atoms with E-state index >= 15 is 0 Å². The molecule has 0 aliphatic rings. The number of nitrogens with one attached hydrogen (secondary N) is 1.